The molecule has 0 aliphatic rings. The fraction of sp³-hybridized carbons (Fsp3) is 0.188. The Hall–Kier alpha value is -3.43. The minimum Gasteiger partial charge on any atom is -0.495 e. The molecule has 1 amide bonds. The van der Waals surface area contributed by atoms with Gasteiger partial charge in [-0.05, 0) is 12.1 Å². The molecule has 0 bridgehead atoms. The van der Waals surface area contributed by atoms with Gasteiger partial charge in [-0.2, -0.15) is 8.78 Å². The van der Waals surface area contributed by atoms with Crippen molar-refractivity contribution in [3.8, 4) is 17.2 Å². The number of benzene rings is 2. The topological polar surface area (TPSA) is 99.9 Å². The van der Waals surface area contributed by atoms with E-state index < -0.39 is 28.9 Å². The number of halogens is 2. The Labute approximate surface area is 146 Å². The molecule has 10 heteroatoms. The summed E-state index contributed by atoms with van der Waals surface area (Å²) in [6.45, 7) is -3.21. The first-order chi connectivity index (χ1) is 12.4. The first-order valence-electron chi connectivity index (χ1n) is 7.13. The van der Waals surface area contributed by atoms with Crippen molar-refractivity contribution in [3.05, 3.63) is 52.1 Å². The minimum atomic E-state index is -3.21. The van der Waals surface area contributed by atoms with Crippen LogP contribution in [0.1, 0.15) is 10.4 Å². The predicted molar refractivity (Wildman–Crippen MR) is 87.2 cm³/mol. The zero-order chi connectivity index (χ0) is 19.3. The lowest BCUT2D eigenvalue weighted by molar-refractivity contribution is -0.385. The van der Waals surface area contributed by atoms with Crippen LogP contribution in [0.3, 0.4) is 0 Å². The largest absolute Gasteiger partial charge is 0.495 e. The Morgan fingerprint density at radius 1 is 1.12 bits per heavy atom. The summed E-state index contributed by atoms with van der Waals surface area (Å²) in [5.41, 5.74) is -0.825. The third-order valence-electron chi connectivity index (χ3n) is 3.29. The van der Waals surface area contributed by atoms with Gasteiger partial charge in [0.2, 0.25) is 0 Å². The van der Waals surface area contributed by atoms with Crippen LogP contribution in [-0.4, -0.2) is 31.7 Å². The smallest absolute Gasteiger partial charge is 0.387 e. The van der Waals surface area contributed by atoms with Crippen LogP contribution in [0.5, 0.6) is 17.2 Å². The van der Waals surface area contributed by atoms with Crippen LogP contribution in [0.15, 0.2) is 36.4 Å². The van der Waals surface area contributed by atoms with E-state index in [1.807, 2.05) is 0 Å². The average molecular weight is 368 g/mol. The number of ether oxygens (including phenoxy) is 3. The van der Waals surface area contributed by atoms with Crippen LogP contribution < -0.4 is 19.5 Å². The number of amides is 1. The van der Waals surface area contributed by atoms with Crippen LogP contribution in [0, 0.1) is 10.1 Å². The zero-order valence-corrected chi connectivity index (χ0v) is 13.7. The van der Waals surface area contributed by atoms with Crippen molar-refractivity contribution >= 4 is 17.3 Å². The number of para-hydroxylation sites is 2. The number of nitrogens with zero attached hydrogens (tertiary/aromatic N) is 1. The Bertz CT molecular complexity index is 828. The standard InChI is InChI=1S/C16H14F2N2O6/c1-24-12-6-4-3-5-10(12)19-15(21)9-7-13(25-2)14(26-16(17)18)8-11(9)20(22)23/h3-8,16H,1-2H3,(H,19,21). The summed E-state index contributed by atoms with van der Waals surface area (Å²) in [4.78, 5) is 22.9. The predicted octanol–water partition coefficient (Wildman–Crippen LogP) is 3.47. The Balaban J connectivity index is 2.46. The molecular formula is C16H14F2N2O6. The van der Waals surface area contributed by atoms with Crippen molar-refractivity contribution in [2.45, 2.75) is 6.61 Å². The summed E-state index contributed by atoms with van der Waals surface area (Å²) < 4.78 is 39.1. The van der Waals surface area contributed by atoms with Gasteiger partial charge in [0.25, 0.3) is 11.6 Å². The monoisotopic (exact) mass is 368 g/mol. The maximum absolute atomic E-state index is 12.5. The molecule has 0 aliphatic carbocycles. The van der Waals surface area contributed by atoms with Crippen molar-refractivity contribution < 1.29 is 32.7 Å². The molecular weight excluding hydrogens is 354 g/mol. The number of nitrogens with one attached hydrogen (secondary N) is 1. The molecule has 2 rings (SSSR count). The van der Waals surface area contributed by atoms with Gasteiger partial charge in [0, 0.05) is 6.07 Å². The van der Waals surface area contributed by atoms with Gasteiger partial charge in [0.15, 0.2) is 11.5 Å². The lowest BCUT2D eigenvalue weighted by atomic mass is 10.1. The van der Waals surface area contributed by atoms with E-state index in [-0.39, 0.29) is 17.0 Å². The molecule has 0 atom stereocenters. The highest BCUT2D eigenvalue weighted by molar-refractivity contribution is 6.08. The maximum Gasteiger partial charge on any atom is 0.387 e. The molecule has 138 valence electrons. The second-order valence-corrected chi connectivity index (χ2v) is 4.81. The van der Waals surface area contributed by atoms with Crippen LogP contribution in [0.2, 0.25) is 0 Å². The lowest BCUT2D eigenvalue weighted by Crippen LogP contribution is -2.15. The van der Waals surface area contributed by atoms with Crippen molar-refractivity contribution in [2.75, 3.05) is 19.5 Å². The molecule has 0 unspecified atom stereocenters. The quantitative estimate of drug-likeness (QED) is 0.593. The molecule has 26 heavy (non-hydrogen) atoms. The highest BCUT2D eigenvalue weighted by Crippen LogP contribution is 2.36. The van der Waals surface area contributed by atoms with Gasteiger partial charge in [0.05, 0.1) is 30.9 Å². The van der Waals surface area contributed by atoms with Gasteiger partial charge in [-0.3, -0.25) is 14.9 Å². The van der Waals surface area contributed by atoms with E-state index in [2.05, 4.69) is 10.1 Å². The first kappa shape index (κ1) is 18.9. The van der Waals surface area contributed by atoms with Crippen LogP contribution in [-0.2, 0) is 0 Å². The lowest BCUT2D eigenvalue weighted by Gasteiger charge is -2.13. The van der Waals surface area contributed by atoms with Gasteiger partial charge < -0.3 is 19.5 Å². The van der Waals surface area contributed by atoms with E-state index in [0.717, 1.165) is 13.2 Å². The fourth-order valence-electron chi connectivity index (χ4n) is 2.17. The van der Waals surface area contributed by atoms with E-state index in [1.54, 1.807) is 18.2 Å². The highest BCUT2D eigenvalue weighted by atomic mass is 19.3. The molecule has 0 radical (unpaired) electrons. The molecule has 0 fully saturated rings. The summed E-state index contributed by atoms with van der Waals surface area (Å²) >= 11 is 0. The normalized spacial score (nSPS) is 10.3. The third-order valence-corrected chi connectivity index (χ3v) is 3.29. The molecule has 0 saturated carbocycles. The SMILES string of the molecule is COc1ccccc1NC(=O)c1cc(OC)c(OC(F)F)cc1[N+](=O)[O-]. The van der Waals surface area contributed by atoms with Crippen LogP contribution >= 0.6 is 0 Å². The number of carbonyl (C=O) groups excluding carboxylic acids is 1. The Morgan fingerprint density at radius 3 is 2.35 bits per heavy atom. The van der Waals surface area contributed by atoms with Crippen molar-refractivity contribution in [2.24, 2.45) is 0 Å². The molecule has 0 aromatic heterocycles. The van der Waals surface area contributed by atoms with Crippen LogP contribution in [0.4, 0.5) is 20.2 Å². The number of nitro groups is 1. The second-order valence-electron chi connectivity index (χ2n) is 4.81. The van der Waals surface area contributed by atoms with Gasteiger partial charge in [-0.15, -0.1) is 0 Å². The molecule has 1 N–H and O–H groups in total. The van der Waals surface area contributed by atoms with Gasteiger partial charge in [0.1, 0.15) is 11.3 Å². The molecule has 0 spiro atoms. The minimum absolute atomic E-state index is 0.249. The number of hydrogen-bond acceptors (Lipinski definition) is 6. The number of rotatable bonds is 7. The van der Waals surface area contributed by atoms with Crippen molar-refractivity contribution in [1.29, 1.82) is 0 Å². The van der Waals surface area contributed by atoms with Crippen molar-refractivity contribution in [3.63, 3.8) is 0 Å². The highest BCUT2D eigenvalue weighted by Gasteiger charge is 2.26. The maximum atomic E-state index is 12.5. The number of alkyl halides is 2. The van der Waals surface area contributed by atoms with Crippen LogP contribution in [0.25, 0.3) is 0 Å². The van der Waals surface area contributed by atoms with E-state index in [9.17, 15) is 23.7 Å². The summed E-state index contributed by atoms with van der Waals surface area (Å²) in [5, 5.41) is 13.7. The number of anilines is 1. The van der Waals surface area contributed by atoms with E-state index in [4.69, 9.17) is 9.47 Å². The molecule has 8 nitrogen and oxygen atoms in total. The summed E-state index contributed by atoms with van der Waals surface area (Å²) in [5.74, 6) is -1.31. The molecule has 0 heterocycles. The Kier molecular flexibility index (Phi) is 5.89. The van der Waals surface area contributed by atoms with E-state index in [0.29, 0.717) is 11.8 Å². The Morgan fingerprint density at radius 2 is 1.77 bits per heavy atom. The molecule has 0 saturated heterocycles. The average Bonchev–Trinajstić information content (AvgIpc) is 2.61. The molecule has 2 aromatic carbocycles. The summed E-state index contributed by atoms with van der Waals surface area (Å²) in [6, 6.07) is 8.10. The number of nitro benzene ring substituents is 1. The molecule has 2 aromatic rings. The van der Waals surface area contributed by atoms with E-state index >= 15 is 0 Å². The number of carbonyl (C=O) groups is 1. The van der Waals surface area contributed by atoms with Crippen molar-refractivity contribution in [1.82, 2.24) is 0 Å². The number of methoxy groups -OCH3 is 2. The first-order valence-corrected chi connectivity index (χ1v) is 7.13. The third kappa shape index (κ3) is 4.15. The van der Waals surface area contributed by atoms with E-state index in [1.165, 1.54) is 13.2 Å². The zero-order valence-electron chi connectivity index (χ0n) is 13.7. The second kappa shape index (κ2) is 8.10. The fourth-order valence-corrected chi connectivity index (χ4v) is 2.17. The van der Waals surface area contributed by atoms with Gasteiger partial charge >= 0.3 is 6.61 Å². The van der Waals surface area contributed by atoms with Gasteiger partial charge in [-0.1, -0.05) is 12.1 Å². The number of hydrogen-bond donors (Lipinski definition) is 1. The van der Waals surface area contributed by atoms with Gasteiger partial charge in [-0.25, -0.2) is 0 Å². The summed E-state index contributed by atoms with van der Waals surface area (Å²) in [6.07, 6.45) is 0. The molecule has 0 aliphatic heterocycles. The summed E-state index contributed by atoms with van der Waals surface area (Å²) in [7, 11) is 2.55.